The van der Waals surface area contributed by atoms with Crippen molar-refractivity contribution in [2.24, 2.45) is 0 Å². The lowest BCUT2D eigenvalue weighted by Crippen LogP contribution is -2.16. The van der Waals surface area contributed by atoms with Gasteiger partial charge in [0.15, 0.2) is 11.5 Å². The number of carbonyl (C=O) groups excluding carboxylic acids is 1. The number of fused-ring (bicyclic) bond motifs is 1. The number of aryl methyl sites for hydroxylation is 3. The molecule has 0 saturated carbocycles. The third kappa shape index (κ3) is 3.54. The normalized spacial score (nSPS) is 11.8. The molecule has 0 unspecified atom stereocenters. The van der Waals surface area contributed by atoms with Crippen molar-refractivity contribution in [2.75, 3.05) is 5.32 Å². The van der Waals surface area contributed by atoms with Gasteiger partial charge in [0.05, 0.1) is 22.0 Å². The third-order valence-corrected chi connectivity index (χ3v) is 5.40. The highest BCUT2D eigenvalue weighted by molar-refractivity contribution is 7.11. The van der Waals surface area contributed by atoms with E-state index in [2.05, 4.69) is 20.4 Å². The molecule has 3 heterocycles. The van der Waals surface area contributed by atoms with Gasteiger partial charge in [0.25, 0.3) is 5.91 Å². The summed E-state index contributed by atoms with van der Waals surface area (Å²) in [5.41, 5.74) is 0.465. The first-order chi connectivity index (χ1) is 14.1. The lowest BCUT2D eigenvalue weighted by Gasteiger charge is -2.12. The van der Waals surface area contributed by atoms with E-state index in [0.29, 0.717) is 17.0 Å². The molecule has 0 aliphatic heterocycles. The van der Waals surface area contributed by atoms with Gasteiger partial charge in [-0.05, 0) is 39.0 Å². The Morgan fingerprint density at radius 1 is 1.07 bits per heavy atom. The second-order valence-corrected chi connectivity index (χ2v) is 8.08. The molecule has 10 heteroatoms. The van der Waals surface area contributed by atoms with Gasteiger partial charge in [-0.1, -0.05) is 18.2 Å². The SMILES string of the molecule is Cc1nc(C(=O)Nc2c(C)nc3ccc(-c4ccccc4C(F)(F)F)nn23)c(C)s1. The topological polar surface area (TPSA) is 72.2 Å². The van der Waals surface area contributed by atoms with Crippen molar-refractivity contribution in [3.63, 3.8) is 0 Å². The zero-order valence-electron chi connectivity index (χ0n) is 16.2. The maximum Gasteiger partial charge on any atom is 0.417 e. The number of nitrogens with zero attached hydrogens (tertiary/aromatic N) is 4. The number of hydrogen-bond donors (Lipinski definition) is 1. The number of carbonyl (C=O) groups is 1. The van der Waals surface area contributed by atoms with Crippen molar-refractivity contribution >= 4 is 28.7 Å². The zero-order chi connectivity index (χ0) is 21.6. The number of amides is 1. The Labute approximate surface area is 173 Å². The quantitative estimate of drug-likeness (QED) is 0.493. The molecule has 0 fully saturated rings. The molecule has 0 bridgehead atoms. The van der Waals surface area contributed by atoms with Crippen molar-refractivity contribution in [2.45, 2.75) is 26.9 Å². The molecule has 154 valence electrons. The number of aromatic nitrogens is 4. The van der Waals surface area contributed by atoms with Crippen LogP contribution in [0.5, 0.6) is 0 Å². The van der Waals surface area contributed by atoms with Crippen molar-refractivity contribution in [1.29, 1.82) is 0 Å². The minimum Gasteiger partial charge on any atom is -0.304 e. The number of hydrogen-bond acceptors (Lipinski definition) is 5. The highest BCUT2D eigenvalue weighted by atomic mass is 32.1. The van der Waals surface area contributed by atoms with Gasteiger partial charge in [-0.15, -0.1) is 11.3 Å². The Morgan fingerprint density at radius 3 is 2.47 bits per heavy atom. The Kier molecular flexibility index (Phi) is 4.81. The minimum atomic E-state index is -4.52. The van der Waals surface area contributed by atoms with Gasteiger partial charge in [0.2, 0.25) is 0 Å². The largest absolute Gasteiger partial charge is 0.417 e. The van der Waals surface area contributed by atoms with Crippen LogP contribution in [0.2, 0.25) is 0 Å². The molecule has 0 spiro atoms. The number of anilines is 1. The first-order valence-corrected chi connectivity index (χ1v) is 9.75. The van der Waals surface area contributed by atoms with Crippen LogP contribution in [0.25, 0.3) is 16.9 Å². The highest BCUT2D eigenvalue weighted by Gasteiger charge is 2.33. The number of halogens is 3. The summed E-state index contributed by atoms with van der Waals surface area (Å²) in [6.45, 7) is 5.29. The smallest absolute Gasteiger partial charge is 0.304 e. The molecular weight excluding hydrogens is 415 g/mol. The van der Waals surface area contributed by atoms with Crippen molar-refractivity contribution in [3.05, 3.63) is 63.2 Å². The molecule has 30 heavy (non-hydrogen) atoms. The molecule has 1 amide bonds. The van der Waals surface area contributed by atoms with Crippen LogP contribution in [0, 0.1) is 20.8 Å². The number of alkyl halides is 3. The fourth-order valence-corrected chi connectivity index (χ4v) is 4.01. The van der Waals surface area contributed by atoms with Gasteiger partial charge in [-0.2, -0.15) is 22.8 Å². The van der Waals surface area contributed by atoms with Crippen molar-refractivity contribution in [3.8, 4) is 11.3 Å². The first-order valence-electron chi connectivity index (χ1n) is 8.93. The summed E-state index contributed by atoms with van der Waals surface area (Å²) in [6, 6.07) is 8.26. The summed E-state index contributed by atoms with van der Waals surface area (Å²) in [4.78, 5) is 22.0. The maximum absolute atomic E-state index is 13.4. The van der Waals surface area contributed by atoms with E-state index in [1.165, 1.54) is 40.1 Å². The molecule has 0 aliphatic rings. The Morgan fingerprint density at radius 2 is 1.80 bits per heavy atom. The number of benzene rings is 1. The Bertz CT molecular complexity index is 1280. The second-order valence-electron chi connectivity index (χ2n) is 6.67. The average Bonchev–Trinajstić information content (AvgIpc) is 3.19. The molecule has 0 radical (unpaired) electrons. The maximum atomic E-state index is 13.4. The van der Waals surface area contributed by atoms with E-state index in [9.17, 15) is 18.0 Å². The standard InChI is InChI=1S/C20H16F3N5OS/c1-10-18(26-19(29)17-11(2)30-12(3)25-17)28-16(24-10)9-8-15(27-28)13-6-4-5-7-14(13)20(21,22)23/h4-9H,1-3H3,(H,26,29). The zero-order valence-corrected chi connectivity index (χ0v) is 17.0. The molecular formula is C20H16F3N5OS. The molecule has 0 atom stereocenters. The lowest BCUT2D eigenvalue weighted by atomic mass is 10.0. The molecule has 6 nitrogen and oxygen atoms in total. The fourth-order valence-electron chi connectivity index (χ4n) is 3.19. The molecule has 1 N–H and O–H groups in total. The van der Waals surface area contributed by atoms with Crippen LogP contribution in [-0.4, -0.2) is 25.5 Å². The van der Waals surface area contributed by atoms with E-state index in [4.69, 9.17) is 0 Å². The van der Waals surface area contributed by atoms with E-state index in [-0.39, 0.29) is 17.1 Å². The predicted molar refractivity (Wildman–Crippen MR) is 108 cm³/mol. The van der Waals surface area contributed by atoms with Crippen LogP contribution in [0.15, 0.2) is 36.4 Å². The number of nitrogens with one attached hydrogen (secondary N) is 1. The van der Waals surface area contributed by atoms with E-state index in [0.717, 1.165) is 16.0 Å². The van der Waals surface area contributed by atoms with Crippen LogP contribution in [0.4, 0.5) is 19.0 Å². The Balaban J connectivity index is 1.80. The van der Waals surface area contributed by atoms with Crippen LogP contribution in [0.1, 0.15) is 31.6 Å². The predicted octanol–water partition coefficient (Wildman–Crippen LogP) is 5.05. The summed E-state index contributed by atoms with van der Waals surface area (Å²) in [5.74, 6) is -0.143. The van der Waals surface area contributed by atoms with Gasteiger partial charge >= 0.3 is 6.18 Å². The van der Waals surface area contributed by atoms with Crippen LogP contribution in [-0.2, 0) is 6.18 Å². The highest BCUT2D eigenvalue weighted by Crippen LogP contribution is 2.36. The van der Waals surface area contributed by atoms with E-state index < -0.39 is 17.6 Å². The molecule has 3 aromatic heterocycles. The number of imidazole rings is 1. The summed E-state index contributed by atoms with van der Waals surface area (Å²) in [7, 11) is 0. The average molecular weight is 431 g/mol. The van der Waals surface area contributed by atoms with Gasteiger partial charge in [-0.3, -0.25) is 4.79 Å². The van der Waals surface area contributed by atoms with Crippen LogP contribution < -0.4 is 5.32 Å². The number of thiazole rings is 1. The Hall–Kier alpha value is -3.27. The summed E-state index contributed by atoms with van der Waals surface area (Å²) >= 11 is 1.41. The first kappa shape index (κ1) is 20.0. The number of rotatable bonds is 3. The van der Waals surface area contributed by atoms with Gasteiger partial charge in [0.1, 0.15) is 5.69 Å². The van der Waals surface area contributed by atoms with Crippen LogP contribution in [0.3, 0.4) is 0 Å². The van der Waals surface area contributed by atoms with E-state index in [1.54, 1.807) is 26.8 Å². The third-order valence-electron chi connectivity index (χ3n) is 4.51. The molecule has 4 rings (SSSR count). The summed E-state index contributed by atoms with van der Waals surface area (Å²) < 4.78 is 41.6. The lowest BCUT2D eigenvalue weighted by molar-refractivity contribution is -0.137. The van der Waals surface area contributed by atoms with Gasteiger partial charge in [-0.25, -0.2) is 9.97 Å². The molecule has 4 aromatic rings. The molecule has 0 saturated heterocycles. The van der Waals surface area contributed by atoms with Crippen molar-refractivity contribution < 1.29 is 18.0 Å². The van der Waals surface area contributed by atoms with E-state index in [1.807, 2.05) is 0 Å². The summed E-state index contributed by atoms with van der Waals surface area (Å²) in [6.07, 6.45) is -4.52. The molecule has 0 aliphatic carbocycles. The van der Waals surface area contributed by atoms with Gasteiger partial charge in [0, 0.05) is 10.4 Å². The van der Waals surface area contributed by atoms with Crippen LogP contribution >= 0.6 is 11.3 Å². The van der Waals surface area contributed by atoms with Gasteiger partial charge < -0.3 is 5.32 Å². The van der Waals surface area contributed by atoms with E-state index >= 15 is 0 Å². The fraction of sp³-hybridized carbons (Fsp3) is 0.200. The minimum absolute atomic E-state index is 0.0542. The second kappa shape index (κ2) is 7.21. The molecule has 1 aromatic carbocycles. The van der Waals surface area contributed by atoms with Crippen molar-refractivity contribution in [1.82, 2.24) is 19.6 Å². The summed E-state index contributed by atoms with van der Waals surface area (Å²) in [5, 5.41) is 7.85. The monoisotopic (exact) mass is 431 g/mol.